The molecule has 1 saturated heterocycles. The summed E-state index contributed by atoms with van der Waals surface area (Å²) in [5, 5.41) is 22.8. The number of hydrogen-bond acceptors (Lipinski definition) is 7. The SMILES string of the molecule is OC1COC(n2cnc3c(Nc4ccc(Cl)cc4F)ncnc32)C1O. The van der Waals surface area contributed by atoms with Crippen LogP contribution in [0.3, 0.4) is 0 Å². The van der Waals surface area contributed by atoms with E-state index >= 15 is 0 Å². The highest BCUT2D eigenvalue weighted by molar-refractivity contribution is 6.30. The molecule has 0 radical (unpaired) electrons. The van der Waals surface area contributed by atoms with Crippen LogP contribution < -0.4 is 5.32 Å². The van der Waals surface area contributed by atoms with E-state index in [0.717, 1.165) is 0 Å². The van der Waals surface area contributed by atoms with Crippen molar-refractivity contribution in [1.29, 1.82) is 0 Å². The van der Waals surface area contributed by atoms with Crippen molar-refractivity contribution in [2.75, 3.05) is 11.9 Å². The lowest BCUT2D eigenvalue weighted by Crippen LogP contribution is -2.28. The van der Waals surface area contributed by atoms with Crippen LogP contribution in [-0.2, 0) is 4.74 Å². The summed E-state index contributed by atoms with van der Waals surface area (Å²) >= 11 is 5.75. The van der Waals surface area contributed by atoms with Crippen LogP contribution >= 0.6 is 11.6 Å². The topological polar surface area (TPSA) is 105 Å². The van der Waals surface area contributed by atoms with Gasteiger partial charge in [0.1, 0.15) is 24.4 Å². The lowest BCUT2D eigenvalue weighted by atomic mass is 10.2. The number of aromatic nitrogens is 4. The van der Waals surface area contributed by atoms with Crippen LogP contribution in [0.5, 0.6) is 0 Å². The summed E-state index contributed by atoms with van der Waals surface area (Å²) in [6, 6.07) is 4.22. The van der Waals surface area contributed by atoms with Gasteiger partial charge in [-0.05, 0) is 18.2 Å². The summed E-state index contributed by atoms with van der Waals surface area (Å²) in [4.78, 5) is 12.5. The average molecular weight is 366 g/mol. The number of imidazole rings is 1. The van der Waals surface area contributed by atoms with Crippen molar-refractivity contribution in [2.24, 2.45) is 0 Å². The lowest BCUT2D eigenvalue weighted by molar-refractivity contribution is -0.0162. The Balaban J connectivity index is 1.72. The third-order valence-corrected chi connectivity index (χ3v) is 4.18. The predicted octanol–water partition coefficient (Wildman–Crippen LogP) is 1.61. The summed E-state index contributed by atoms with van der Waals surface area (Å²) in [6.45, 7) is 0.0116. The smallest absolute Gasteiger partial charge is 0.167 e. The molecule has 0 amide bonds. The highest BCUT2D eigenvalue weighted by Gasteiger charge is 2.37. The van der Waals surface area contributed by atoms with Gasteiger partial charge >= 0.3 is 0 Å². The van der Waals surface area contributed by atoms with Crippen molar-refractivity contribution in [1.82, 2.24) is 19.5 Å². The van der Waals surface area contributed by atoms with Gasteiger partial charge in [-0.3, -0.25) is 4.57 Å². The quantitative estimate of drug-likeness (QED) is 0.647. The first-order valence-electron chi connectivity index (χ1n) is 7.42. The Morgan fingerprint density at radius 2 is 2.12 bits per heavy atom. The molecule has 0 saturated carbocycles. The molecule has 0 aliphatic carbocycles. The molecule has 1 aliphatic heterocycles. The number of aliphatic hydroxyl groups is 2. The van der Waals surface area contributed by atoms with E-state index in [2.05, 4.69) is 20.3 Å². The monoisotopic (exact) mass is 365 g/mol. The first-order chi connectivity index (χ1) is 12.0. The molecule has 1 aromatic carbocycles. The van der Waals surface area contributed by atoms with E-state index in [9.17, 15) is 14.6 Å². The first-order valence-corrected chi connectivity index (χ1v) is 7.80. The van der Waals surface area contributed by atoms with Gasteiger partial charge in [0, 0.05) is 5.02 Å². The fraction of sp³-hybridized carbons (Fsp3) is 0.267. The van der Waals surface area contributed by atoms with Gasteiger partial charge in [0.15, 0.2) is 23.2 Å². The van der Waals surface area contributed by atoms with Crippen molar-refractivity contribution in [2.45, 2.75) is 18.4 Å². The van der Waals surface area contributed by atoms with Gasteiger partial charge in [-0.2, -0.15) is 0 Å². The van der Waals surface area contributed by atoms with Crippen LogP contribution in [0.25, 0.3) is 11.2 Å². The summed E-state index contributed by atoms with van der Waals surface area (Å²) in [6.07, 6.45) is -0.180. The van der Waals surface area contributed by atoms with Crippen LogP contribution in [-0.4, -0.2) is 48.5 Å². The van der Waals surface area contributed by atoms with Crippen molar-refractivity contribution in [3.63, 3.8) is 0 Å². The normalized spacial score (nSPS) is 23.3. The highest BCUT2D eigenvalue weighted by Crippen LogP contribution is 2.30. The molecule has 3 aromatic rings. The largest absolute Gasteiger partial charge is 0.388 e. The number of anilines is 2. The summed E-state index contributed by atoms with van der Waals surface area (Å²) < 4.78 is 20.9. The minimum Gasteiger partial charge on any atom is -0.388 e. The standard InChI is InChI=1S/C15H13ClFN5O3/c16-7-1-2-9(8(17)3-7)21-13-11-14(19-5-18-13)22(6-20-11)15-12(24)10(23)4-25-15/h1-3,5-6,10,12,15,23-24H,4H2,(H,18,19,21). The molecule has 3 N–H and O–H groups in total. The molecule has 10 heteroatoms. The van der Waals surface area contributed by atoms with Gasteiger partial charge in [-0.15, -0.1) is 0 Å². The zero-order valence-electron chi connectivity index (χ0n) is 12.7. The van der Waals surface area contributed by atoms with Crippen molar-refractivity contribution < 1.29 is 19.3 Å². The van der Waals surface area contributed by atoms with Crippen molar-refractivity contribution >= 4 is 34.3 Å². The van der Waals surface area contributed by atoms with Crippen molar-refractivity contribution in [3.05, 3.63) is 41.7 Å². The molecule has 0 spiro atoms. The molecule has 130 valence electrons. The second-order valence-corrected chi connectivity index (χ2v) is 6.01. The maximum atomic E-state index is 14.0. The molecule has 3 unspecified atom stereocenters. The molecule has 1 aliphatic rings. The number of ether oxygens (including phenoxy) is 1. The molecule has 25 heavy (non-hydrogen) atoms. The number of halogens is 2. The molecule has 4 rings (SSSR count). The van der Waals surface area contributed by atoms with E-state index in [0.29, 0.717) is 11.2 Å². The molecule has 8 nitrogen and oxygen atoms in total. The number of aliphatic hydroxyl groups excluding tert-OH is 2. The Kier molecular flexibility index (Phi) is 4.00. The maximum absolute atomic E-state index is 14.0. The maximum Gasteiger partial charge on any atom is 0.167 e. The van der Waals surface area contributed by atoms with E-state index < -0.39 is 24.3 Å². The second kappa shape index (κ2) is 6.19. The van der Waals surface area contributed by atoms with Crippen LogP contribution in [0.1, 0.15) is 6.23 Å². The molecule has 2 aromatic heterocycles. The summed E-state index contributed by atoms with van der Waals surface area (Å²) in [5.74, 6) is -0.241. The van der Waals surface area contributed by atoms with Gasteiger partial charge in [-0.1, -0.05) is 11.6 Å². The van der Waals surface area contributed by atoms with E-state index in [4.69, 9.17) is 16.3 Å². The number of nitrogens with one attached hydrogen (secondary N) is 1. The Bertz CT molecular complexity index is 937. The minimum absolute atomic E-state index is 0.0116. The number of nitrogens with zero attached hydrogens (tertiary/aromatic N) is 4. The van der Waals surface area contributed by atoms with Gasteiger partial charge in [0.05, 0.1) is 18.6 Å². The van der Waals surface area contributed by atoms with Gasteiger partial charge in [0.25, 0.3) is 0 Å². The van der Waals surface area contributed by atoms with Crippen LogP contribution in [0.4, 0.5) is 15.9 Å². The number of benzene rings is 1. The third-order valence-electron chi connectivity index (χ3n) is 3.94. The van der Waals surface area contributed by atoms with Gasteiger partial charge < -0.3 is 20.3 Å². The summed E-state index contributed by atoms with van der Waals surface area (Å²) in [5.41, 5.74) is 0.936. The van der Waals surface area contributed by atoms with Crippen molar-refractivity contribution in [3.8, 4) is 0 Å². The van der Waals surface area contributed by atoms with Gasteiger partial charge in [-0.25, -0.2) is 19.3 Å². The van der Waals surface area contributed by atoms with E-state index in [1.807, 2.05) is 0 Å². The Hall–Kier alpha value is -2.33. The molecular weight excluding hydrogens is 353 g/mol. The molecule has 3 heterocycles. The average Bonchev–Trinajstić information content (AvgIpc) is 3.15. The van der Waals surface area contributed by atoms with Gasteiger partial charge in [0.2, 0.25) is 0 Å². The minimum atomic E-state index is -1.10. The van der Waals surface area contributed by atoms with Crippen LogP contribution in [0.2, 0.25) is 5.02 Å². The zero-order valence-corrected chi connectivity index (χ0v) is 13.4. The highest BCUT2D eigenvalue weighted by atomic mass is 35.5. The summed E-state index contributed by atoms with van der Waals surface area (Å²) in [7, 11) is 0. The van der Waals surface area contributed by atoms with Crippen LogP contribution in [0, 0.1) is 5.82 Å². The fourth-order valence-corrected chi connectivity index (χ4v) is 2.84. The number of hydrogen-bond donors (Lipinski definition) is 3. The Morgan fingerprint density at radius 3 is 2.84 bits per heavy atom. The molecule has 0 bridgehead atoms. The second-order valence-electron chi connectivity index (χ2n) is 5.58. The number of fused-ring (bicyclic) bond motifs is 1. The third kappa shape index (κ3) is 2.81. The Labute approximate surface area is 145 Å². The van der Waals surface area contributed by atoms with E-state index in [1.54, 1.807) is 6.07 Å². The molecule has 1 fully saturated rings. The fourth-order valence-electron chi connectivity index (χ4n) is 2.68. The predicted molar refractivity (Wildman–Crippen MR) is 87.0 cm³/mol. The molecular formula is C15H13ClFN5O3. The van der Waals surface area contributed by atoms with E-state index in [1.165, 1.54) is 29.4 Å². The zero-order chi connectivity index (χ0) is 17.6. The lowest BCUT2D eigenvalue weighted by Gasteiger charge is -2.16. The van der Waals surface area contributed by atoms with E-state index in [-0.39, 0.29) is 23.1 Å². The molecule has 3 atom stereocenters. The number of rotatable bonds is 3. The first kappa shape index (κ1) is 16.2. The van der Waals surface area contributed by atoms with Crippen LogP contribution in [0.15, 0.2) is 30.9 Å². The Morgan fingerprint density at radius 1 is 1.28 bits per heavy atom.